The topological polar surface area (TPSA) is 128 Å². The lowest BCUT2D eigenvalue weighted by Gasteiger charge is -2.14. The second kappa shape index (κ2) is 11.0. The Kier molecular flexibility index (Phi) is 8.96. The minimum Gasteiger partial charge on any atom is -0.480 e. The van der Waals surface area contributed by atoms with Gasteiger partial charge in [-0.15, -0.1) is 0 Å². The highest BCUT2D eigenvalue weighted by molar-refractivity contribution is 5.83. The molecule has 7 heteroatoms. The van der Waals surface area contributed by atoms with Gasteiger partial charge in [0, 0.05) is 13.0 Å². The summed E-state index contributed by atoms with van der Waals surface area (Å²) in [6, 6.07) is 9.14. The third-order valence-electron chi connectivity index (χ3n) is 3.58. The largest absolute Gasteiger partial charge is 0.480 e. The zero-order chi connectivity index (χ0) is 17.8. The van der Waals surface area contributed by atoms with Crippen LogP contribution in [-0.4, -0.2) is 35.5 Å². The van der Waals surface area contributed by atoms with Crippen molar-refractivity contribution in [1.82, 2.24) is 10.6 Å². The van der Waals surface area contributed by atoms with E-state index in [9.17, 15) is 9.59 Å². The molecule has 0 aliphatic rings. The quantitative estimate of drug-likeness (QED) is 0.236. The van der Waals surface area contributed by atoms with Crippen molar-refractivity contribution in [2.24, 2.45) is 5.73 Å². The van der Waals surface area contributed by atoms with E-state index < -0.39 is 12.0 Å². The number of unbranched alkanes of at least 4 members (excludes halogenated alkanes) is 1. The Labute approximate surface area is 142 Å². The molecule has 1 amide bonds. The maximum Gasteiger partial charge on any atom is 0.326 e. The van der Waals surface area contributed by atoms with Crippen molar-refractivity contribution >= 4 is 17.8 Å². The summed E-state index contributed by atoms with van der Waals surface area (Å²) in [5.74, 6) is -1.44. The Morgan fingerprint density at radius 2 is 1.88 bits per heavy atom. The zero-order valence-electron chi connectivity index (χ0n) is 13.8. The van der Waals surface area contributed by atoms with Gasteiger partial charge in [0.25, 0.3) is 0 Å². The number of guanidine groups is 1. The van der Waals surface area contributed by atoms with Crippen LogP contribution < -0.4 is 16.4 Å². The van der Waals surface area contributed by atoms with Crippen LogP contribution in [0.3, 0.4) is 0 Å². The number of nitrogens with two attached hydrogens (primary N) is 1. The van der Waals surface area contributed by atoms with Crippen LogP contribution in [0, 0.1) is 5.41 Å². The standard InChI is InChI=1S/C17H26N4O3/c18-17(19)20-12-6-10-14(16(23)24)21-15(22)11-5-4-9-13-7-2-1-3-8-13/h1-3,7-8,14H,4-6,9-12H2,(H,21,22)(H,23,24)(H4,18,19,20)/t14-/m0/s1. The molecule has 6 N–H and O–H groups in total. The zero-order valence-corrected chi connectivity index (χ0v) is 13.8. The van der Waals surface area contributed by atoms with Crippen LogP contribution in [0.2, 0.25) is 0 Å². The molecule has 0 spiro atoms. The molecule has 0 unspecified atom stereocenters. The Morgan fingerprint density at radius 1 is 1.17 bits per heavy atom. The van der Waals surface area contributed by atoms with Crippen LogP contribution in [-0.2, 0) is 16.0 Å². The van der Waals surface area contributed by atoms with Crippen molar-refractivity contribution in [1.29, 1.82) is 5.41 Å². The van der Waals surface area contributed by atoms with Gasteiger partial charge in [0.1, 0.15) is 6.04 Å². The fourth-order valence-corrected chi connectivity index (χ4v) is 2.31. The number of aryl methyl sites for hydroxylation is 1. The normalized spacial score (nSPS) is 11.5. The summed E-state index contributed by atoms with van der Waals surface area (Å²) in [6.07, 6.45) is 3.64. The van der Waals surface area contributed by atoms with Crippen LogP contribution in [0.1, 0.15) is 37.7 Å². The van der Waals surface area contributed by atoms with Crippen molar-refractivity contribution < 1.29 is 14.7 Å². The third kappa shape index (κ3) is 8.77. The predicted molar refractivity (Wildman–Crippen MR) is 92.7 cm³/mol. The molecule has 7 nitrogen and oxygen atoms in total. The third-order valence-corrected chi connectivity index (χ3v) is 3.58. The highest BCUT2D eigenvalue weighted by Crippen LogP contribution is 2.06. The number of hydrogen-bond acceptors (Lipinski definition) is 3. The second-order valence-electron chi connectivity index (χ2n) is 5.63. The van der Waals surface area contributed by atoms with E-state index in [1.165, 1.54) is 5.56 Å². The molecule has 24 heavy (non-hydrogen) atoms. The molecule has 0 saturated carbocycles. The fourth-order valence-electron chi connectivity index (χ4n) is 2.31. The van der Waals surface area contributed by atoms with Gasteiger partial charge in [0.05, 0.1) is 0 Å². The van der Waals surface area contributed by atoms with Gasteiger partial charge in [0.2, 0.25) is 5.91 Å². The van der Waals surface area contributed by atoms with Crippen LogP contribution in [0.15, 0.2) is 30.3 Å². The number of rotatable bonds is 11. The first kappa shape index (κ1) is 19.5. The molecule has 0 aliphatic carbocycles. The second-order valence-corrected chi connectivity index (χ2v) is 5.63. The number of nitrogens with one attached hydrogen (secondary N) is 3. The number of carboxylic acid groups (broad SMARTS) is 1. The summed E-state index contributed by atoms with van der Waals surface area (Å²) in [5.41, 5.74) is 6.38. The SMILES string of the molecule is N=C(N)NCCC[C@H](NC(=O)CCCCc1ccccc1)C(=O)O. The van der Waals surface area contributed by atoms with E-state index in [2.05, 4.69) is 22.8 Å². The van der Waals surface area contributed by atoms with Gasteiger partial charge in [0.15, 0.2) is 5.96 Å². The number of aliphatic carboxylic acids is 1. The molecule has 132 valence electrons. The van der Waals surface area contributed by atoms with Gasteiger partial charge in [-0.05, 0) is 37.7 Å². The number of amides is 1. The average molecular weight is 334 g/mol. The smallest absolute Gasteiger partial charge is 0.326 e. The molecule has 0 saturated heterocycles. The first-order valence-electron chi connectivity index (χ1n) is 8.13. The van der Waals surface area contributed by atoms with E-state index in [0.717, 1.165) is 19.3 Å². The summed E-state index contributed by atoms with van der Waals surface area (Å²) in [4.78, 5) is 23.0. The molecule has 1 aromatic rings. The number of hydrogen-bond donors (Lipinski definition) is 5. The van der Waals surface area contributed by atoms with Gasteiger partial charge in [-0.2, -0.15) is 0 Å². The highest BCUT2D eigenvalue weighted by atomic mass is 16.4. The molecule has 0 aromatic heterocycles. The van der Waals surface area contributed by atoms with E-state index in [1.54, 1.807) is 0 Å². The van der Waals surface area contributed by atoms with Gasteiger partial charge in [-0.1, -0.05) is 30.3 Å². The lowest BCUT2D eigenvalue weighted by atomic mass is 10.1. The van der Waals surface area contributed by atoms with Crippen LogP contribution >= 0.6 is 0 Å². The predicted octanol–water partition coefficient (Wildman–Crippen LogP) is 1.23. The summed E-state index contributed by atoms with van der Waals surface area (Å²) >= 11 is 0. The first-order chi connectivity index (χ1) is 11.5. The van der Waals surface area contributed by atoms with Gasteiger partial charge >= 0.3 is 5.97 Å². The average Bonchev–Trinajstić information content (AvgIpc) is 2.55. The molecule has 0 fully saturated rings. The molecule has 1 rings (SSSR count). The lowest BCUT2D eigenvalue weighted by Crippen LogP contribution is -2.41. The summed E-state index contributed by atoms with van der Waals surface area (Å²) in [6.45, 7) is 0.409. The Balaban J connectivity index is 2.22. The Bertz CT molecular complexity index is 534. The Morgan fingerprint density at radius 3 is 2.50 bits per heavy atom. The minimum atomic E-state index is -1.05. The first-order valence-corrected chi connectivity index (χ1v) is 8.13. The molecule has 1 atom stereocenters. The Hall–Kier alpha value is -2.57. The minimum absolute atomic E-state index is 0.149. The van der Waals surface area contributed by atoms with E-state index in [4.69, 9.17) is 16.2 Å². The molecule has 0 aliphatic heterocycles. The maximum absolute atomic E-state index is 11.9. The maximum atomic E-state index is 11.9. The van der Waals surface area contributed by atoms with Gasteiger partial charge < -0.3 is 21.5 Å². The molecular formula is C17H26N4O3. The van der Waals surface area contributed by atoms with Crippen LogP contribution in [0.25, 0.3) is 0 Å². The van der Waals surface area contributed by atoms with Crippen molar-refractivity contribution in [3.63, 3.8) is 0 Å². The van der Waals surface area contributed by atoms with Crippen LogP contribution in [0.5, 0.6) is 0 Å². The van der Waals surface area contributed by atoms with Gasteiger partial charge in [-0.3, -0.25) is 10.2 Å². The molecule has 0 heterocycles. The number of carboxylic acids is 1. The molecule has 0 bridgehead atoms. The van der Waals surface area contributed by atoms with Crippen molar-refractivity contribution in [3.8, 4) is 0 Å². The molecule has 0 radical (unpaired) electrons. The van der Waals surface area contributed by atoms with Crippen molar-refractivity contribution in [2.45, 2.75) is 44.6 Å². The number of carbonyl (C=O) groups excluding carboxylic acids is 1. The summed E-state index contributed by atoms with van der Waals surface area (Å²) < 4.78 is 0. The molecular weight excluding hydrogens is 308 g/mol. The van der Waals surface area contributed by atoms with E-state index in [1.807, 2.05) is 18.2 Å². The van der Waals surface area contributed by atoms with E-state index in [0.29, 0.717) is 25.8 Å². The van der Waals surface area contributed by atoms with E-state index in [-0.39, 0.29) is 11.9 Å². The summed E-state index contributed by atoms with van der Waals surface area (Å²) in [7, 11) is 0. The monoisotopic (exact) mass is 334 g/mol. The fraction of sp³-hybridized carbons (Fsp3) is 0.471. The van der Waals surface area contributed by atoms with Crippen LogP contribution in [0.4, 0.5) is 0 Å². The molecule has 1 aromatic carbocycles. The summed E-state index contributed by atoms with van der Waals surface area (Å²) in [5, 5.41) is 21.3. The van der Waals surface area contributed by atoms with Crippen molar-refractivity contribution in [3.05, 3.63) is 35.9 Å². The lowest BCUT2D eigenvalue weighted by molar-refractivity contribution is -0.142. The number of carbonyl (C=O) groups is 2. The number of benzene rings is 1. The van der Waals surface area contributed by atoms with Gasteiger partial charge in [-0.25, -0.2) is 4.79 Å². The highest BCUT2D eigenvalue weighted by Gasteiger charge is 2.19. The van der Waals surface area contributed by atoms with E-state index >= 15 is 0 Å². The van der Waals surface area contributed by atoms with Crippen molar-refractivity contribution in [2.75, 3.05) is 6.54 Å².